The van der Waals surface area contributed by atoms with E-state index in [0.29, 0.717) is 0 Å². The predicted molar refractivity (Wildman–Crippen MR) is 83.2 cm³/mol. The first kappa shape index (κ1) is 29.4. The lowest BCUT2D eigenvalue weighted by atomic mass is 10.5. The van der Waals surface area contributed by atoms with Gasteiger partial charge in [-0.3, -0.25) is 60.7 Å². The van der Waals surface area contributed by atoms with E-state index in [4.69, 9.17) is 5.53 Å². The number of nitro groups is 6. The molecule has 0 aliphatic carbocycles. The van der Waals surface area contributed by atoms with Crippen molar-refractivity contribution in [3.63, 3.8) is 0 Å². The van der Waals surface area contributed by atoms with E-state index in [1.165, 1.54) is 0 Å². The number of hydrogen-bond acceptors (Lipinski definition) is 16. The van der Waals surface area contributed by atoms with Gasteiger partial charge in [0.2, 0.25) is 19.8 Å². The molecule has 0 aromatic carbocycles. The number of hydrogen-bond donors (Lipinski definition) is 0. The van der Waals surface area contributed by atoms with E-state index in [-0.39, 0.29) is 0 Å². The molecule has 0 saturated heterocycles. The van der Waals surface area contributed by atoms with Gasteiger partial charge in [-0.2, -0.15) is 0 Å². The van der Waals surface area contributed by atoms with Crippen molar-refractivity contribution in [3.05, 3.63) is 71.1 Å². The summed E-state index contributed by atoms with van der Waals surface area (Å²) in [6.45, 7) is -7.88. The standard InChI is InChI=1S/C7H6F3N9O15/c8-4(14(20)21,15(22)23)1-32-7(12-13-11,33-2-5(9,16(24)25)17(26)27)34-3-6(10,18(28)29)19(30)31/h1-3H2. The summed E-state index contributed by atoms with van der Waals surface area (Å²) in [6, 6.07) is 0. The molecule has 24 nitrogen and oxygen atoms in total. The molecule has 0 spiro atoms. The molecular weight excluding hydrogens is 507 g/mol. The average molecular weight is 513 g/mol. The second kappa shape index (κ2) is 10.3. The molecule has 0 rings (SSSR count). The SMILES string of the molecule is [N-]=[N+]=NC(OCC(F)([N+](=O)[O-])[N+](=O)[O-])(OCC(F)([N+](=O)[O-])[N+](=O)[O-])OCC(F)([N+](=O)[O-])[N+](=O)[O-]. The van der Waals surface area contributed by atoms with Crippen LogP contribution in [0.4, 0.5) is 13.2 Å². The monoisotopic (exact) mass is 513 g/mol. The molecule has 0 aliphatic heterocycles. The molecule has 0 N–H and O–H groups in total. The molecule has 0 fully saturated rings. The van der Waals surface area contributed by atoms with Gasteiger partial charge in [0.1, 0.15) is 29.5 Å². The Bertz CT molecular complexity index is 794. The van der Waals surface area contributed by atoms with Crippen LogP contribution in [0.15, 0.2) is 5.11 Å². The van der Waals surface area contributed by atoms with Crippen LogP contribution in [0, 0.1) is 60.7 Å². The summed E-state index contributed by atoms with van der Waals surface area (Å²) in [7, 11) is 0. The Morgan fingerprint density at radius 1 is 0.618 bits per heavy atom. The van der Waals surface area contributed by atoms with Gasteiger partial charge in [-0.05, 0) is 5.53 Å². The highest BCUT2D eigenvalue weighted by Gasteiger charge is 2.65. The number of ether oxygens (including phenoxy) is 3. The van der Waals surface area contributed by atoms with Gasteiger partial charge in [0, 0.05) is 10.0 Å². The van der Waals surface area contributed by atoms with Gasteiger partial charge in [-0.15, -0.1) is 0 Å². The van der Waals surface area contributed by atoms with Crippen molar-refractivity contribution >= 4 is 0 Å². The van der Waals surface area contributed by atoms with Crippen molar-refractivity contribution in [1.29, 1.82) is 0 Å². The number of nitrogens with zero attached hydrogens (tertiary/aromatic N) is 9. The Kier molecular flexibility index (Phi) is 8.93. The van der Waals surface area contributed by atoms with Crippen LogP contribution in [-0.2, 0) is 14.2 Å². The summed E-state index contributed by atoms with van der Waals surface area (Å²) in [5.74, 6) is -14.7. The maximum atomic E-state index is 13.9. The van der Waals surface area contributed by atoms with E-state index >= 15 is 0 Å². The molecule has 0 bridgehead atoms. The highest BCUT2D eigenvalue weighted by Crippen LogP contribution is 2.28. The van der Waals surface area contributed by atoms with Crippen molar-refractivity contribution in [2.75, 3.05) is 19.8 Å². The lowest BCUT2D eigenvalue weighted by molar-refractivity contribution is -0.841. The molecular formula is C7H6F3N9O15. The van der Waals surface area contributed by atoms with Gasteiger partial charge >= 0.3 is 23.8 Å². The summed E-state index contributed by atoms with van der Waals surface area (Å²) in [4.78, 5) is 51.3. The van der Waals surface area contributed by atoms with Crippen LogP contribution >= 0.6 is 0 Å². The zero-order valence-corrected chi connectivity index (χ0v) is 15.4. The molecule has 27 heteroatoms. The van der Waals surface area contributed by atoms with Crippen LogP contribution in [0.3, 0.4) is 0 Å². The summed E-state index contributed by atoms with van der Waals surface area (Å²) in [5, 5.41) is 65.7. The van der Waals surface area contributed by atoms with Crippen molar-refractivity contribution in [2.45, 2.75) is 23.8 Å². The Hall–Kier alpha value is -4.62. The minimum Gasteiger partial charge on any atom is -0.303 e. The Balaban J connectivity index is 6.47. The van der Waals surface area contributed by atoms with E-state index in [1.807, 2.05) is 0 Å². The van der Waals surface area contributed by atoms with Crippen LogP contribution < -0.4 is 0 Å². The second-order valence-corrected chi connectivity index (χ2v) is 5.28. The topological polar surface area (TPSA) is 335 Å². The first-order valence-corrected chi connectivity index (χ1v) is 7.26. The van der Waals surface area contributed by atoms with E-state index in [2.05, 4.69) is 19.3 Å². The first-order valence-electron chi connectivity index (χ1n) is 7.26. The van der Waals surface area contributed by atoms with Crippen molar-refractivity contribution in [2.24, 2.45) is 5.11 Å². The van der Waals surface area contributed by atoms with E-state index < -0.39 is 73.2 Å². The summed E-state index contributed by atoms with van der Waals surface area (Å²) in [5.41, 5.74) is 8.48. The summed E-state index contributed by atoms with van der Waals surface area (Å²) in [6.07, 6.45) is -4.36. The summed E-state index contributed by atoms with van der Waals surface area (Å²) >= 11 is 0. The van der Waals surface area contributed by atoms with Crippen molar-refractivity contribution < 1.29 is 56.9 Å². The highest BCUT2D eigenvalue weighted by molar-refractivity contribution is 4.64. The Labute approximate surface area is 178 Å². The molecule has 0 aliphatic rings. The normalized spacial score (nSPS) is 12.3. The molecule has 0 aromatic heterocycles. The maximum absolute atomic E-state index is 13.9. The third-order valence-corrected chi connectivity index (χ3v) is 3.16. The zero-order chi connectivity index (χ0) is 27.1. The average Bonchev–Trinajstić information content (AvgIpc) is 2.72. The Morgan fingerprint density at radius 2 is 0.824 bits per heavy atom. The van der Waals surface area contributed by atoms with Crippen LogP contribution in [0.5, 0.6) is 0 Å². The largest absolute Gasteiger partial charge is 0.637 e. The number of azide groups is 1. The van der Waals surface area contributed by atoms with Gasteiger partial charge in [0.05, 0.1) is 0 Å². The Morgan fingerprint density at radius 3 is 0.971 bits per heavy atom. The van der Waals surface area contributed by atoms with E-state index in [9.17, 15) is 73.9 Å². The van der Waals surface area contributed by atoms with Crippen molar-refractivity contribution in [1.82, 2.24) is 0 Å². The van der Waals surface area contributed by atoms with Crippen molar-refractivity contribution in [3.8, 4) is 0 Å². The van der Waals surface area contributed by atoms with Crippen LogP contribution in [0.2, 0.25) is 0 Å². The summed E-state index contributed by atoms with van der Waals surface area (Å²) < 4.78 is 53.5. The maximum Gasteiger partial charge on any atom is 0.637 e. The molecule has 0 radical (unpaired) electrons. The minimum atomic E-state index is -4.92. The number of halogens is 3. The zero-order valence-electron chi connectivity index (χ0n) is 15.4. The smallest absolute Gasteiger partial charge is 0.303 e. The van der Waals surface area contributed by atoms with Crippen LogP contribution in [-0.4, -0.2) is 73.2 Å². The second-order valence-electron chi connectivity index (χ2n) is 5.28. The van der Waals surface area contributed by atoms with Gasteiger partial charge in [0.25, 0.3) is 0 Å². The third-order valence-electron chi connectivity index (χ3n) is 3.16. The fraction of sp³-hybridized carbons (Fsp3) is 1.00. The van der Waals surface area contributed by atoms with Gasteiger partial charge in [-0.25, -0.2) is 0 Å². The fourth-order valence-corrected chi connectivity index (χ4v) is 1.33. The highest BCUT2D eigenvalue weighted by atomic mass is 19.2. The number of alkyl halides is 3. The fourth-order valence-electron chi connectivity index (χ4n) is 1.33. The van der Waals surface area contributed by atoms with E-state index in [1.54, 1.807) is 4.91 Å². The minimum absolute atomic E-state index is 1.74. The number of rotatable bonds is 16. The first-order chi connectivity index (χ1) is 15.3. The van der Waals surface area contributed by atoms with Gasteiger partial charge in [0.15, 0.2) is 0 Å². The molecule has 0 atom stereocenters. The molecule has 190 valence electrons. The molecule has 0 unspecified atom stereocenters. The quantitative estimate of drug-likeness (QED) is 0.0476. The lowest BCUT2D eigenvalue weighted by Gasteiger charge is -2.28. The predicted octanol–water partition coefficient (Wildman–Crippen LogP) is -0.512. The van der Waals surface area contributed by atoms with Gasteiger partial charge in [-0.1, -0.05) is 13.2 Å². The van der Waals surface area contributed by atoms with Gasteiger partial charge < -0.3 is 14.2 Å². The molecule has 0 saturated carbocycles. The van der Waals surface area contributed by atoms with Crippen LogP contribution in [0.25, 0.3) is 10.4 Å². The van der Waals surface area contributed by atoms with E-state index in [0.717, 1.165) is 0 Å². The lowest BCUT2D eigenvalue weighted by Crippen LogP contribution is -2.55. The molecule has 0 aromatic rings. The molecule has 0 heterocycles. The molecule has 34 heavy (non-hydrogen) atoms. The van der Waals surface area contributed by atoms with Crippen LogP contribution in [0.1, 0.15) is 0 Å². The third kappa shape index (κ3) is 5.99. The molecule has 0 amide bonds.